The first kappa shape index (κ1) is 17.2. The van der Waals surface area contributed by atoms with E-state index in [1.165, 1.54) is 22.8 Å². The monoisotopic (exact) mass is 410 g/mol. The van der Waals surface area contributed by atoms with E-state index in [2.05, 4.69) is 64.1 Å². The Kier molecular flexibility index (Phi) is 2.73. The van der Waals surface area contributed by atoms with Gasteiger partial charge in [-0.1, -0.05) is 36.4 Å². The first-order chi connectivity index (χ1) is 15.0. The van der Waals surface area contributed by atoms with Crippen molar-refractivity contribution in [3.8, 4) is 0 Å². The highest BCUT2D eigenvalue weighted by Gasteiger charge is 2.92. The molecule has 160 valence electrons. The molecule has 0 radical (unpaired) electrons. The molecule has 0 amide bonds. The molecule has 0 aliphatic heterocycles. The Balaban J connectivity index is 1.11. The zero-order valence-electron chi connectivity index (χ0n) is 19.2. The second-order valence-corrected chi connectivity index (χ2v) is 13.6. The molecule has 0 aromatic heterocycles. The van der Waals surface area contributed by atoms with Crippen LogP contribution in [-0.4, -0.2) is 11.7 Å². The maximum Gasteiger partial charge on any atom is 0.0649 e. The van der Waals surface area contributed by atoms with Crippen molar-refractivity contribution in [2.45, 2.75) is 45.8 Å². The zero-order chi connectivity index (χ0) is 20.5. The maximum absolute atomic E-state index is 6.82. The quantitative estimate of drug-likeness (QED) is 0.605. The minimum atomic E-state index is 0.0288. The summed E-state index contributed by atoms with van der Waals surface area (Å²) in [4.78, 5) is 0. The predicted octanol–water partition coefficient (Wildman–Crippen LogP) is 5.98. The highest BCUT2D eigenvalue weighted by molar-refractivity contribution is 5.88. The highest BCUT2D eigenvalue weighted by Crippen LogP contribution is 2.94. The van der Waals surface area contributed by atoms with Gasteiger partial charge in [-0.05, 0) is 133 Å². The number of aryl methyl sites for hydroxylation is 1. The number of fused-ring (bicyclic) bond motifs is 1. The Morgan fingerprint density at radius 1 is 0.645 bits per heavy atom. The van der Waals surface area contributed by atoms with Gasteiger partial charge in [0.25, 0.3) is 0 Å². The van der Waals surface area contributed by atoms with Crippen LogP contribution in [0.2, 0.25) is 0 Å². The van der Waals surface area contributed by atoms with Gasteiger partial charge in [-0.3, -0.25) is 0 Å². The molecule has 2 aromatic carbocycles. The summed E-state index contributed by atoms with van der Waals surface area (Å²) >= 11 is 0. The van der Waals surface area contributed by atoms with Crippen molar-refractivity contribution in [2.24, 2.45) is 76.9 Å². The van der Waals surface area contributed by atoms with Gasteiger partial charge < -0.3 is 4.74 Å². The van der Waals surface area contributed by atoms with Crippen LogP contribution in [0.4, 0.5) is 0 Å². The largest absolute Gasteiger partial charge is 0.372 e. The van der Waals surface area contributed by atoms with E-state index in [4.69, 9.17) is 4.74 Å². The van der Waals surface area contributed by atoms with Gasteiger partial charge in [0.15, 0.2) is 0 Å². The lowest BCUT2D eigenvalue weighted by atomic mass is 9.80. The molecule has 1 nitrogen and oxygen atoms in total. The van der Waals surface area contributed by atoms with Gasteiger partial charge >= 0.3 is 0 Å². The number of hydrogen-bond donors (Lipinski definition) is 0. The van der Waals surface area contributed by atoms with Crippen molar-refractivity contribution in [1.29, 1.82) is 0 Å². The van der Waals surface area contributed by atoms with Gasteiger partial charge in [0, 0.05) is 0 Å². The van der Waals surface area contributed by atoms with Crippen molar-refractivity contribution in [1.82, 2.24) is 0 Å². The van der Waals surface area contributed by atoms with Gasteiger partial charge in [-0.2, -0.15) is 0 Å². The second kappa shape index (κ2) is 4.93. The van der Waals surface area contributed by atoms with Crippen molar-refractivity contribution in [2.75, 3.05) is 0 Å². The van der Waals surface area contributed by atoms with Crippen LogP contribution in [0.15, 0.2) is 36.4 Å². The van der Waals surface area contributed by atoms with Crippen LogP contribution in [0.25, 0.3) is 10.8 Å². The fraction of sp³-hybridized carbons (Fsp3) is 0.667. The molecule has 10 rings (SSSR count). The van der Waals surface area contributed by atoms with Crippen LogP contribution in [0.3, 0.4) is 0 Å². The normalized spacial score (nSPS) is 55.4. The Morgan fingerprint density at radius 3 is 1.71 bits per heavy atom. The molecule has 8 aliphatic rings. The summed E-state index contributed by atoms with van der Waals surface area (Å²) < 4.78 is 6.82. The minimum Gasteiger partial charge on any atom is -0.372 e. The van der Waals surface area contributed by atoms with E-state index in [-0.39, 0.29) is 5.60 Å². The average Bonchev–Trinajstić information content (AvgIpc) is 3.49. The molecule has 0 heterocycles. The van der Waals surface area contributed by atoms with Crippen LogP contribution in [-0.2, 0) is 11.2 Å². The summed E-state index contributed by atoms with van der Waals surface area (Å²) in [5.41, 5.74) is 3.10. The Hall–Kier alpha value is -1.34. The fourth-order valence-corrected chi connectivity index (χ4v) is 12.5. The Bertz CT molecular complexity index is 1080. The van der Waals surface area contributed by atoms with Crippen molar-refractivity contribution < 1.29 is 4.74 Å². The Labute approximate surface area is 185 Å². The van der Waals surface area contributed by atoms with Crippen molar-refractivity contribution in [3.05, 3.63) is 47.5 Å². The van der Waals surface area contributed by atoms with Gasteiger partial charge in [0.2, 0.25) is 0 Å². The molecule has 2 aromatic rings. The third-order valence-electron chi connectivity index (χ3n) is 12.0. The van der Waals surface area contributed by atoms with Gasteiger partial charge in [-0.15, -0.1) is 0 Å². The van der Waals surface area contributed by atoms with Crippen LogP contribution in [0, 0.1) is 83.9 Å². The van der Waals surface area contributed by atoms with Crippen LogP contribution in [0.1, 0.15) is 31.9 Å². The molecule has 0 saturated heterocycles. The lowest BCUT2D eigenvalue weighted by Crippen LogP contribution is -2.33. The molecule has 8 saturated carbocycles. The molecular formula is C30H34O. The van der Waals surface area contributed by atoms with Gasteiger partial charge in [-0.25, -0.2) is 0 Å². The number of hydrogen-bond acceptors (Lipinski definition) is 1. The molecular weight excluding hydrogens is 376 g/mol. The standard InChI is InChI=1S/C30H34O/c1-12-9-10-13(15-8-6-5-7-14(12)15)11-16-17-19-21-18(16)22-20(17)24-23(19)27-25(21)26(22)28(24)29(27)31-30(2,3)4/h5-10,16-29H,11H2,1-4H3. The first-order valence-electron chi connectivity index (χ1n) is 13.1. The highest BCUT2D eigenvalue weighted by atomic mass is 16.5. The summed E-state index contributed by atoms with van der Waals surface area (Å²) in [6.45, 7) is 9.13. The summed E-state index contributed by atoms with van der Waals surface area (Å²) in [5, 5.41) is 3.01. The molecule has 8 aliphatic carbocycles. The van der Waals surface area contributed by atoms with E-state index in [9.17, 15) is 0 Å². The summed E-state index contributed by atoms with van der Waals surface area (Å²) in [5.74, 6) is 13.5. The fourth-order valence-electron chi connectivity index (χ4n) is 12.5. The van der Waals surface area contributed by atoms with Crippen molar-refractivity contribution in [3.63, 3.8) is 0 Å². The van der Waals surface area contributed by atoms with Gasteiger partial charge in [0.1, 0.15) is 0 Å². The van der Waals surface area contributed by atoms with E-state index >= 15 is 0 Å². The molecule has 0 spiro atoms. The van der Waals surface area contributed by atoms with E-state index in [1.54, 1.807) is 5.56 Å². The predicted molar refractivity (Wildman–Crippen MR) is 122 cm³/mol. The molecule has 1 heteroatoms. The van der Waals surface area contributed by atoms with Crippen LogP contribution >= 0.6 is 0 Å². The average molecular weight is 411 g/mol. The maximum atomic E-state index is 6.82. The third kappa shape index (κ3) is 1.63. The number of rotatable bonds is 3. The number of ether oxygens (including phenoxy) is 1. The van der Waals surface area contributed by atoms with Crippen molar-refractivity contribution >= 4 is 10.8 Å². The Morgan fingerprint density at radius 2 is 1.16 bits per heavy atom. The molecule has 8 unspecified atom stereocenters. The van der Waals surface area contributed by atoms with E-state index < -0.39 is 0 Å². The smallest absolute Gasteiger partial charge is 0.0649 e. The van der Waals surface area contributed by atoms with Crippen LogP contribution in [0.5, 0.6) is 0 Å². The lowest BCUT2D eigenvalue weighted by molar-refractivity contribution is -0.0869. The molecule has 31 heavy (non-hydrogen) atoms. The summed E-state index contributed by atoms with van der Waals surface area (Å²) in [6.07, 6.45) is 1.97. The SMILES string of the molecule is Cc1ccc(CC2C3C4C5C2C2C3C3C6C(OC(C)(C)C)C(C43)C5C62)c2ccccc12. The third-order valence-corrected chi connectivity index (χ3v) is 12.0. The number of benzene rings is 2. The summed E-state index contributed by atoms with van der Waals surface area (Å²) in [7, 11) is 0. The summed E-state index contributed by atoms with van der Waals surface area (Å²) in [6, 6.07) is 14.0. The molecule has 0 N–H and O–H groups in total. The minimum absolute atomic E-state index is 0.0288. The van der Waals surface area contributed by atoms with E-state index in [1.807, 2.05) is 0 Å². The lowest BCUT2D eigenvalue weighted by Gasteiger charge is -2.30. The van der Waals surface area contributed by atoms with Crippen LogP contribution < -0.4 is 0 Å². The van der Waals surface area contributed by atoms with E-state index in [0.717, 1.165) is 76.9 Å². The van der Waals surface area contributed by atoms with Gasteiger partial charge in [0.05, 0.1) is 11.7 Å². The zero-order valence-corrected chi connectivity index (χ0v) is 19.2. The molecule has 8 atom stereocenters. The van der Waals surface area contributed by atoms with E-state index in [0.29, 0.717) is 6.10 Å². The topological polar surface area (TPSA) is 9.23 Å². The molecule has 8 fully saturated rings. The molecule has 4 bridgehead atoms. The second-order valence-electron chi connectivity index (χ2n) is 13.6. The first-order valence-corrected chi connectivity index (χ1v) is 13.1.